The largest absolute Gasteiger partial charge is 0.492 e. The molecule has 0 aliphatic rings. The summed E-state index contributed by atoms with van der Waals surface area (Å²) in [4.78, 5) is 4.53. The highest BCUT2D eigenvalue weighted by molar-refractivity contribution is 5.51. The number of aryl methyl sites for hydroxylation is 1. The van der Waals surface area contributed by atoms with Crippen LogP contribution >= 0.6 is 0 Å². The summed E-state index contributed by atoms with van der Waals surface area (Å²) < 4.78 is 23.4. The zero-order valence-corrected chi connectivity index (χ0v) is 8.96. The Bertz CT molecular complexity index is 355. The maximum atomic E-state index is 13.4. The molecule has 0 radical (unpaired) electrons. The molecule has 0 aromatic heterocycles. The lowest BCUT2D eigenvalue weighted by atomic mass is 10.1. The molecule has 0 amide bonds. The Hall–Kier alpha value is -1.33. The zero-order valence-electron chi connectivity index (χ0n) is 8.96. The van der Waals surface area contributed by atoms with Gasteiger partial charge in [-0.25, -0.2) is 10.3 Å². The lowest BCUT2D eigenvalue weighted by molar-refractivity contribution is 0.121. The molecule has 1 aromatic rings. The third kappa shape index (κ3) is 2.19. The molecule has 84 valence electrons. The molecule has 0 saturated carbocycles. The molecular weight excluding hydrogens is 201 g/mol. The zero-order chi connectivity index (χ0) is 11.4. The molecule has 0 unspecified atom stereocenters. The molecule has 4 nitrogen and oxygen atoms in total. The predicted molar refractivity (Wildman–Crippen MR) is 53.2 cm³/mol. The summed E-state index contributed by atoms with van der Waals surface area (Å²) in [5.41, 5.74) is 1.38. The fourth-order valence-corrected chi connectivity index (χ4v) is 1.44. The summed E-state index contributed by atoms with van der Waals surface area (Å²) in [6, 6.07) is 1.36. The minimum atomic E-state index is -0.465. The lowest BCUT2D eigenvalue weighted by Crippen LogP contribution is -2.05. The Labute approximate surface area is 87.7 Å². The van der Waals surface area contributed by atoms with Crippen LogP contribution in [0.3, 0.4) is 0 Å². The van der Waals surface area contributed by atoms with Gasteiger partial charge >= 0.3 is 0 Å². The fourth-order valence-electron chi connectivity index (χ4n) is 1.44. The number of benzene rings is 1. The first-order valence-corrected chi connectivity index (χ1v) is 4.37. The molecule has 2 N–H and O–H groups in total. The van der Waals surface area contributed by atoms with Crippen LogP contribution in [0.25, 0.3) is 0 Å². The van der Waals surface area contributed by atoms with Crippen molar-refractivity contribution < 1.29 is 18.7 Å². The van der Waals surface area contributed by atoms with Crippen LogP contribution in [0.4, 0.5) is 4.39 Å². The first kappa shape index (κ1) is 11.7. The van der Waals surface area contributed by atoms with Gasteiger partial charge < -0.3 is 9.47 Å². The molecule has 1 rings (SSSR count). The Balaban J connectivity index is 3.35. The third-order valence-electron chi connectivity index (χ3n) is 2.15. The Kier molecular flexibility index (Phi) is 3.88. The number of rotatable bonds is 4. The third-order valence-corrected chi connectivity index (χ3v) is 2.15. The van der Waals surface area contributed by atoms with E-state index in [-0.39, 0.29) is 12.4 Å². The highest BCUT2D eigenvalue weighted by Crippen LogP contribution is 2.36. The smallest absolute Gasteiger partial charge is 0.197 e. The SMILES string of the molecule is COc1c(F)cc(C)c(CON)c1OC. The van der Waals surface area contributed by atoms with Crippen molar-refractivity contribution in [1.29, 1.82) is 0 Å². The minimum absolute atomic E-state index is 0.0650. The van der Waals surface area contributed by atoms with E-state index in [0.717, 1.165) is 0 Å². The van der Waals surface area contributed by atoms with Crippen LogP contribution in [0.1, 0.15) is 11.1 Å². The average Bonchev–Trinajstić information content (AvgIpc) is 2.21. The maximum Gasteiger partial charge on any atom is 0.197 e. The topological polar surface area (TPSA) is 53.7 Å². The summed E-state index contributed by atoms with van der Waals surface area (Å²) in [5.74, 6) is 4.91. The first-order valence-electron chi connectivity index (χ1n) is 4.37. The van der Waals surface area contributed by atoms with Gasteiger partial charge in [0.05, 0.1) is 20.8 Å². The molecule has 0 saturated heterocycles. The van der Waals surface area contributed by atoms with Crippen LogP contribution in [-0.2, 0) is 11.4 Å². The van der Waals surface area contributed by atoms with Crippen molar-refractivity contribution in [2.24, 2.45) is 5.90 Å². The van der Waals surface area contributed by atoms with E-state index >= 15 is 0 Å². The second-order valence-corrected chi connectivity index (χ2v) is 3.03. The van der Waals surface area contributed by atoms with Crippen molar-refractivity contribution in [3.8, 4) is 11.5 Å². The summed E-state index contributed by atoms with van der Waals surface area (Å²) in [6.45, 7) is 1.89. The van der Waals surface area contributed by atoms with Crippen LogP contribution < -0.4 is 15.4 Å². The summed E-state index contributed by atoms with van der Waals surface area (Å²) in [6.07, 6.45) is 0. The second kappa shape index (κ2) is 4.95. The lowest BCUT2D eigenvalue weighted by Gasteiger charge is -2.15. The van der Waals surface area contributed by atoms with Gasteiger partial charge in [0.2, 0.25) is 0 Å². The number of halogens is 1. The van der Waals surface area contributed by atoms with Gasteiger partial charge in [-0.1, -0.05) is 0 Å². The number of ether oxygens (including phenoxy) is 2. The molecule has 0 spiro atoms. The van der Waals surface area contributed by atoms with E-state index in [9.17, 15) is 4.39 Å². The molecule has 0 aliphatic heterocycles. The molecule has 1 aromatic carbocycles. The van der Waals surface area contributed by atoms with E-state index in [1.807, 2.05) is 0 Å². The van der Waals surface area contributed by atoms with Gasteiger partial charge in [0, 0.05) is 5.56 Å². The van der Waals surface area contributed by atoms with Crippen LogP contribution in [0, 0.1) is 12.7 Å². The van der Waals surface area contributed by atoms with Gasteiger partial charge in [0.15, 0.2) is 17.3 Å². The predicted octanol–water partition coefficient (Wildman–Crippen LogP) is 1.54. The van der Waals surface area contributed by atoms with Crippen LogP contribution in [-0.4, -0.2) is 14.2 Å². The quantitative estimate of drug-likeness (QED) is 0.774. The molecule has 0 bridgehead atoms. The fraction of sp³-hybridized carbons (Fsp3) is 0.400. The van der Waals surface area contributed by atoms with E-state index in [1.54, 1.807) is 6.92 Å². The van der Waals surface area contributed by atoms with Crippen molar-refractivity contribution in [1.82, 2.24) is 0 Å². The molecule has 0 fully saturated rings. The highest BCUT2D eigenvalue weighted by Gasteiger charge is 2.17. The Morgan fingerprint density at radius 2 is 1.87 bits per heavy atom. The van der Waals surface area contributed by atoms with Crippen LogP contribution in [0.2, 0.25) is 0 Å². The minimum Gasteiger partial charge on any atom is -0.492 e. The first-order chi connectivity index (χ1) is 7.15. The second-order valence-electron chi connectivity index (χ2n) is 3.03. The highest BCUT2D eigenvalue weighted by atomic mass is 19.1. The molecule has 5 heteroatoms. The molecule has 0 atom stereocenters. The van der Waals surface area contributed by atoms with Gasteiger partial charge in [0.25, 0.3) is 0 Å². The van der Waals surface area contributed by atoms with Gasteiger partial charge in [-0.05, 0) is 18.6 Å². The van der Waals surface area contributed by atoms with Gasteiger partial charge in [-0.3, -0.25) is 4.84 Å². The summed E-state index contributed by atoms with van der Waals surface area (Å²) >= 11 is 0. The maximum absolute atomic E-state index is 13.4. The van der Waals surface area contributed by atoms with Crippen molar-refractivity contribution in [2.45, 2.75) is 13.5 Å². The van der Waals surface area contributed by atoms with Crippen molar-refractivity contribution in [3.05, 3.63) is 23.0 Å². The van der Waals surface area contributed by atoms with Gasteiger partial charge in [-0.15, -0.1) is 0 Å². The molecule has 15 heavy (non-hydrogen) atoms. The van der Waals surface area contributed by atoms with Crippen molar-refractivity contribution in [2.75, 3.05) is 14.2 Å². The average molecular weight is 215 g/mol. The monoisotopic (exact) mass is 215 g/mol. The van der Waals surface area contributed by atoms with Gasteiger partial charge in [-0.2, -0.15) is 0 Å². The molecule has 0 heterocycles. The number of methoxy groups -OCH3 is 2. The Morgan fingerprint density at radius 1 is 1.27 bits per heavy atom. The molecular formula is C10H14FNO3. The normalized spacial score (nSPS) is 10.2. The molecule has 0 aliphatic carbocycles. The van der Waals surface area contributed by atoms with Crippen molar-refractivity contribution in [3.63, 3.8) is 0 Å². The van der Waals surface area contributed by atoms with E-state index in [1.165, 1.54) is 20.3 Å². The van der Waals surface area contributed by atoms with Crippen LogP contribution in [0.5, 0.6) is 11.5 Å². The number of hydrogen-bond donors (Lipinski definition) is 1. The number of hydrogen-bond acceptors (Lipinski definition) is 4. The Morgan fingerprint density at radius 3 is 2.33 bits per heavy atom. The van der Waals surface area contributed by atoms with E-state index in [2.05, 4.69) is 4.84 Å². The summed E-state index contributed by atoms with van der Waals surface area (Å²) in [5, 5.41) is 0. The van der Waals surface area contributed by atoms with E-state index in [4.69, 9.17) is 15.4 Å². The standard InChI is InChI=1S/C10H14FNO3/c1-6-4-8(11)10(14-3)9(13-2)7(6)5-15-12/h4H,5,12H2,1-3H3. The van der Waals surface area contributed by atoms with E-state index < -0.39 is 5.82 Å². The number of nitrogens with two attached hydrogens (primary N) is 1. The summed E-state index contributed by atoms with van der Waals surface area (Å²) in [7, 11) is 2.82. The van der Waals surface area contributed by atoms with Crippen LogP contribution in [0.15, 0.2) is 6.07 Å². The van der Waals surface area contributed by atoms with E-state index in [0.29, 0.717) is 16.9 Å². The van der Waals surface area contributed by atoms with Crippen molar-refractivity contribution >= 4 is 0 Å². The van der Waals surface area contributed by atoms with Gasteiger partial charge in [0.1, 0.15) is 0 Å².